The summed E-state index contributed by atoms with van der Waals surface area (Å²) in [4.78, 5) is 28.3. The molecule has 0 aromatic heterocycles. The number of unbranched alkanes of at least 4 members (excludes halogenated alkanes) is 1. The Bertz CT molecular complexity index is 1380. The first-order valence-corrected chi connectivity index (χ1v) is 15.3. The lowest BCUT2D eigenvalue weighted by Crippen LogP contribution is -2.51. The van der Waals surface area contributed by atoms with Crippen LogP contribution < -0.4 is 9.62 Å². The molecule has 2 amide bonds. The Labute approximate surface area is 244 Å². The van der Waals surface area contributed by atoms with E-state index in [1.807, 2.05) is 13.8 Å². The van der Waals surface area contributed by atoms with E-state index in [0.717, 1.165) is 27.2 Å². The fraction of sp³-hybridized carbons (Fsp3) is 0.310. The number of carbonyl (C=O) groups is 2. The van der Waals surface area contributed by atoms with E-state index in [0.29, 0.717) is 22.8 Å². The Kier molecular flexibility index (Phi) is 11.0. The highest BCUT2D eigenvalue weighted by Crippen LogP contribution is 2.27. The first kappa shape index (κ1) is 30.7. The van der Waals surface area contributed by atoms with Gasteiger partial charge in [0.1, 0.15) is 12.6 Å². The van der Waals surface area contributed by atoms with Crippen LogP contribution in [0.2, 0.25) is 5.02 Å². The second kappa shape index (κ2) is 14.0. The van der Waals surface area contributed by atoms with Gasteiger partial charge in [-0.1, -0.05) is 76.8 Å². The largest absolute Gasteiger partial charge is 0.354 e. The number of halogens is 2. The Morgan fingerprint density at radius 3 is 2.26 bits per heavy atom. The molecule has 10 heteroatoms. The topological polar surface area (TPSA) is 86.8 Å². The lowest BCUT2D eigenvalue weighted by Gasteiger charge is -2.32. The van der Waals surface area contributed by atoms with E-state index < -0.39 is 28.5 Å². The molecule has 3 aromatic carbocycles. The normalized spacial score (nSPS) is 12.0. The van der Waals surface area contributed by atoms with Crippen molar-refractivity contribution in [2.75, 3.05) is 17.4 Å². The average molecular weight is 635 g/mol. The zero-order valence-corrected chi connectivity index (χ0v) is 25.4. The number of sulfonamides is 1. The molecule has 1 N–H and O–H groups in total. The molecular weight excluding hydrogens is 602 g/mol. The Balaban J connectivity index is 2.00. The van der Waals surface area contributed by atoms with E-state index in [9.17, 15) is 18.0 Å². The van der Waals surface area contributed by atoms with Crippen molar-refractivity contribution in [2.24, 2.45) is 0 Å². The Hall–Kier alpha value is -2.88. The molecule has 1 unspecified atom stereocenters. The molecule has 0 aliphatic carbocycles. The van der Waals surface area contributed by atoms with E-state index in [4.69, 9.17) is 11.6 Å². The average Bonchev–Trinajstić information content (AvgIpc) is 2.91. The van der Waals surface area contributed by atoms with Crippen LogP contribution in [0.25, 0.3) is 0 Å². The molecule has 0 spiro atoms. The summed E-state index contributed by atoms with van der Waals surface area (Å²) in [7, 11) is -4.11. The molecule has 0 saturated heterocycles. The van der Waals surface area contributed by atoms with Gasteiger partial charge in [-0.3, -0.25) is 13.9 Å². The number of anilines is 1. The molecule has 0 heterocycles. The minimum Gasteiger partial charge on any atom is -0.354 e. The number of rotatable bonds is 12. The van der Waals surface area contributed by atoms with Crippen molar-refractivity contribution in [1.82, 2.24) is 10.2 Å². The third kappa shape index (κ3) is 8.06. The Morgan fingerprint density at radius 2 is 1.64 bits per heavy atom. The van der Waals surface area contributed by atoms with Gasteiger partial charge < -0.3 is 10.2 Å². The van der Waals surface area contributed by atoms with Crippen molar-refractivity contribution >= 4 is 55.1 Å². The molecule has 39 heavy (non-hydrogen) atoms. The van der Waals surface area contributed by atoms with Crippen LogP contribution in [0.15, 0.2) is 82.2 Å². The molecule has 3 rings (SSSR count). The molecule has 0 radical (unpaired) electrons. The highest BCUT2D eigenvalue weighted by atomic mass is 79.9. The lowest BCUT2D eigenvalue weighted by atomic mass is 10.1. The summed E-state index contributed by atoms with van der Waals surface area (Å²) in [6.45, 7) is 5.55. The summed E-state index contributed by atoms with van der Waals surface area (Å²) in [5.74, 6) is -0.855. The van der Waals surface area contributed by atoms with Crippen LogP contribution in [-0.2, 0) is 26.2 Å². The fourth-order valence-corrected chi connectivity index (χ4v) is 5.78. The van der Waals surface area contributed by atoms with Crippen LogP contribution in [0.5, 0.6) is 0 Å². The van der Waals surface area contributed by atoms with Crippen LogP contribution in [0.4, 0.5) is 5.69 Å². The number of hydrogen-bond donors (Lipinski definition) is 1. The van der Waals surface area contributed by atoms with Gasteiger partial charge in [-0.15, -0.1) is 0 Å². The molecule has 0 saturated carbocycles. The number of hydrogen-bond acceptors (Lipinski definition) is 4. The molecule has 0 aliphatic rings. The van der Waals surface area contributed by atoms with Crippen molar-refractivity contribution < 1.29 is 18.0 Å². The van der Waals surface area contributed by atoms with Gasteiger partial charge in [0.15, 0.2) is 0 Å². The van der Waals surface area contributed by atoms with Crippen LogP contribution in [0.1, 0.15) is 37.8 Å². The van der Waals surface area contributed by atoms with E-state index in [1.54, 1.807) is 67.6 Å². The first-order chi connectivity index (χ1) is 18.5. The van der Waals surface area contributed by atoms with Gasteiger partial charge in [0.05, 0.1) is 10.6 Å². The van der Waals surface area contributed by atoms with E-state index in [-0.39, 0.29) is 17.3 Å². The molecule has 0 fully saturated rings. The zero-order valence-electron chi connectivity index (χ0n) is 22.2. The second-order valence-corrected chi connectivity index (χ2v) is 12.4. The van der Waals surface area contributed by atoms with Crippen LogP contribution in [0.3, 0.4) is 0 Å². The number of amides is 2. The summed E-state index contributed by atoms with van der Waals surface area (Å²) in [6.07, 6.45) is 1.72. The van der Waals surface area contributed by atoms with Gasteiger partial charge in [0.2, 0.25) is 11.8 Å². The summed E-state index contributed by atoms with van der Waals surface area (Å²) in [5.41, 5.74) is 1.89. The molecule has 208 valence electrons. The van der Waals surface area contributed by atoms with Gasteiger partial charge in [0.25, 0.3) is 10.0 Å². The van der Waals surface area contributed by atoms with Crippen molar-refractivity contribution in [3.63, 3.8) is 0 Å². The molecule has 3 aromatic rings. The number of nitrogens with zero attached hydrogens (tertiary/aromatic N) is 2. The molecule has 1 atom stereocenters. The predicted molar refractivity (Wildman–Crippen MR) is 159 cm³/mol. The Morgan fingerprint density at radius 1 is 1.00 bits per heavy atom. The lowest BCUT2D eigenvalue weighted by molar-refractivity contribution is -0.139. The summed E-state index contributed by atoms with van der Waals surface area (Å²) >= 11 is 9.77. The summed E-state index contributed by atoms with van der Waals surface area (Å²) in [6, 6.07) is 19.3. The second-order valence-electron chi connectivity index (χ2n) is 9.23. The quantitative estimate of drug-likeness (QED) is 0.250. The maximum absolute atomic E-state index is 13.9. The molecule has 0 bridgehead atoms. The summed E-state index contributed by atoms with van der Waals surface area (Å²) in [5, 5.41) is 3.32. The van der Waals surface area contributed by atoms with Gasteiger partial charge in [0, 0.05) is 22.6 Å². The maximum Gasteiger partial charge on any atom is 0.264 e. The summed E-state index contributed by atoms with van der Waals surface area (Å²) < 4.78 is 29.5. The number of nitrogens with one attached hydrogen (secondary N) is 1. The van der Waals surface area contributed by atoms with Crippen LogP contribution >= 0.6 is 27.5 Å². The number of aryl methyl sites for hydroxylation is 1. The third-order valence-corrected chi connectivity index (χ3v) is 8.98. The predicted octanol–water partition coefficient (Wildman–Crippen LogP) is 5.94. The minimum absolute atomic E-state index is 0.0413. The molecular formula is C29H33BrClN3O4S. The number of benzene rings is 3. The zero-order chi connectivity index (χ0) is 28.6. The maximum atomic E-state index is 13.9. The highest BCUT2D eigenvalue weighted by molar-refractivity contribution is 9.10. The van der Waals surface area contributed by atoms with Crippen molar-refractivity contribution in [2.45, 2.75) is 51.1 Å². The van der Waals surface area contributed by atoms with Crippen LogP contribution in [-0.4, -0.2) is 44.3 Å². The van der Waals surface area contributed by atoms with Crippen molar-refractivity contribution in [3.05, 3.63) is 93.4 Å². The minimum atomic E-state index is -4.11. The van der Waals surface area contributed by atoms with Gasteiger partial charge in [-0.25, -0.2) is 8.42 Å². The monoisotopic (exact) mass is 633 g/mol. The number of carbonyl (C=O) groups excluding carboxylic acids is 2. The van der Waals surface area contributed by atoms with E-state index in [2.05, 4.69) is 21.2 Å². The van der Waals surface area contributed by atoms with E-state index in [1.165, 1.54) is 17.0 Å². The standard InChI is InChI=1S/C29H33BrClN3O4S/c1-4-5-18-32-29(36)22(3)33(19-23-8-6-7-9-27(23)31)28(35)20-34(25-14-12-24(30)13-15-25)39(37,38)26-16-10-21(2)11-17-26/h6-17,22H,4-5,18-20H2,1-3H3,(H,32,36). The molecule has 0 aliphatic heterocycles. The fourth-order valence-electron chi connectivity index (χ4n) is 3.90. The van der Waals surface area contributed by atoms with E-state index >= 15 is 0 Å². The van der Waals surface area contributed by atoms with Gasteiger partial charge in [-0.2, -0.15) is 0 Å². The molecule has 7 nitrogen and oxygen atoms in total. The van der Waals surface area contributed by atoms with Crippen LogP contribution in [0, 0.1) is 6.92 Å². The SMILES string of the molecule is CCCCNC(=O)C(C)N(Cc1ccccc1Cl)C(=O)CN(c1ccc(Br)cc1)S(=O)(=O)c1ccc(C)cc1. The van der Waals surface area contributed by atoms with Crippen molar-refractivity contribution in [3.8, 4) is 0 Å². The first-order valence-electron chi connectivity index (χ1n) is 12.7. The van der Waals surface area contributed by atoms with Crippen molar-refractivity contribution in [1.29, 1.82) is 0 Å². The van der Waals surface area contributed by atoms with Gasteiger partial charge >= 0.3 is 0 Å². The highest BCUT2D eigenvalue weighted by Gasteiger charge is 2.32. The smallest absolute Gasteiger partial charge is 0.264 e. The third-order valence-electron chi connectivity index (χ3n) is 6.30. The van der Waals surface area contributed by atoms with Gasteiger partial charge in [-0.05, 0) is 68.3 Å².